The van der Waals surface area contributed by atoms with Gasteiger partial charge in [0, 0.05) is 31.5 Å². The van der Waals surface area contributed by atoms with Gasteiger partial charge in [-0.1, -0.05) is 17.6 Å². The third kappa shape index (κ3) is 3.37. The molecule has 2 atom stereocenters. The van der Waals surface area contributed by atoms with Gasteiger partial charge in [0.15, 0.2) is 0 Å². The number of rotatable bonds is 5. The second kappa shape index (κ2) is 7.03. The third-order valence-electron chi connectivity index (χ3n) is 4.98. The molecule has 2 saturated heterocycles. The van der Waals surface area contributed by atoms with Gasteiger partial charge in [0.05, 0.1) is 4.88 Å². The lowest BCUT2D eigenvalue weighted by atomic mass is 9.99. The first-order valence-corrected chi connectivity index (χ1v) is 9.57. The van der Waals surface area contributed by atoms with Gasteiger partial charge >= 0.3 is 0 Å². The molecular weight excluding hydrogens is 324 g/mol. The summed E-state index contributed by atoms with van der Waals surface area (Å²) < 4.78 is 5.25. The number of aromatic nitrogens is 2. The fourth-order valence-electron chi connectivity index (χ4n) is 3.78. The van der Waals surface area contributed by atoms with Crippen molar-refractivity contribution in [2.75, 3.05) is 13.1 Å². The minimum absolute atomic E-state index is 0.0864. The first-order valence-electron chi connectivity index (χ1n) is 8.69. The number of hydrogen-bond donors (Lipinski definition) is 1. The Kier molecular flexibility index (Phi) is 4.62. The lowest BCUT2D eigenvalue weighted by molar-refractivity contribution is -0.122. The maximum Gasteiger partial charge on any atom is 0.227 e. The van der Waals surface area contributed by atoms with Gasteiger partial charge in [-0.25, -0.2) is 0 Å². The molecule has 1 amide bonds. The molecule has 2 fully saturated rings. The fourth-order valence-corrected chi connectivity index (χ4v) is 4.43. The van der Waals surface area contributed by atoms with Crippen molar-refractivity contribution >= 4 is 17.2 Å². The van der Waals surface area contributed by atoms with E-state index in [1.807, 2.05) is 17.5 Å². The molecule has 128 valence electrons. The first kappa shape index (κ1) is 15.8. The van der Waals surface area contributed by atoms with Gasteiger partial charge in [0.2, 0.25) is 17.6 Å². The molecule has 4 heterocycles. The Bertz CT molecular complexity index is 685. The molecule has 2 aliphatic rings. The lowest BCUT2D eigenvalue weighted by Crippen LogP contribution is -2.46. The Morgan fingerprint density at radius 3 is 3.21 bits per heavy atom. The Morgan fingerprint density at radius 2 is 2.33 bits per heavy atom. The Hall–Kier alpha value is -1.73. The van der Waals surface area contributed by atoms with Gasteiger partial charge in [-0.05, 0) is 37.3 Å². The molecular formula is C17H22N4O2S. The molecule has 0 radical (unpaired) electrons. The summed E-state index contributed by atoms with van der Waals surface area (Å²) in [6.45, 7) is 2.30. The average Bonchev–Trinajstić information content (AvgIpc) is 3.34. The topological polar surface area (TPSA) is 71.3 Å². The Labute approximate surface area is 145 Å². The summed E-state index contributed by atoms with van der Waals surface area (Å²) in [7, 11) is 0. The minimum atomic E-state index is 0.0864. The smallest absolute Gasteiger partial charge is 0.227 e. The minimum Gasteiger partial charge on any atom is -0.352 e. The Morgan fingerprint density at radius 1 is 1.38 bits per heavy atom. The van der Waals surface area contributed by atoms with E-state index in [9.17, 15) is 4.79 Å². The van der Waals surface area contributed by atoms with Gasteiger partial charge in [-0.2, -0.15) is 4.98 Å². The number of fused-ring (bicyclic) bond motifs is 1. The van der Waals surface area contributed by atoms with Crippen molar-refractivity contribution in [1.82, 2.24) is 20.4 Å². The number of amides is 1. The van der Waals surface area contributed by atoms with Crippen LogP contribution in [0.3, 0.4) is 0 Å². The van der Waals surface area contributed by atoms with Crippen LogP contribution in [0.1, 0.15) is 38.0 Å². The molecule has 0 aliphatic carbocycles. The summed E-state index contributed by atoms with van der Waals surface area (Å²) in [5.41, 5.74) is 0. The zero-order valence-electron chi connectivity index (χ0n) is 13.6. The normalized spacial score (nSPS) is 24.0. The summed E-state index contributed by atoms with van der Waals surface area (Å²) in [5.74, 6) is 1.22. The molecule has 0 bridgehead atoms. The number of carbonyl (C=O) groups is 1. The number of carbonyl (C=O) groups excluding carboxylic acids is 1. The van der Waals surface area contributed by atoms with Crippen molar-refractivity contribution in [3.8, 4) is 10.7 Å². The van der Waals surface area contributed by atoms with Crippen LogP contribution in [0.25, 0.3) is 10.7 Å². The molecule has 4 rings (SSSR count). The highest BCUT2D eigenvalue weighted by Gasteiger charge is 2.36. The third-order valence-corrected chi connectivity index (χ3v) is 5.84. The quantitative estimate of drug-likeness (QED) is 0.900. The summed E-state index contributed by atoms with van der Waals surface area (Å²) in [6.07, 6.45) is 5.74. The second-order valence-electron chi connectivity index (χ2n) is 6.55. The predicted octanol–water partition coefficient (Wildman–Crippen LogP) is 2.47. The lowest BCUT2D eigenvalue weighted by Gasteiger charge is -2.32. The summed E-state index contributed by atoms with van der Waals surface area (Å²) in [4.78, 5) is 20.1. The highest BCUT2D eigenvalue weighted by molar-refractivity contribution is 7.13. The van der Waals surface area contributed by atoms with E-state index in [1.54, 1.807) is 11.3 Å². The Balaban J connectivity index is 1.28. The van der Waals surface area contributed by atoms with E-state index in [-0.39, 0.29) is 5.91 Å². The molecule has 2 aromatic heterocycles. The van der Waals surface area contributed by atoms with Crippen molar-refractivity contribution in [2.45, 2.75) is 50.6 Å². The van der Waals surface area contributed by atoms with E-state index in [2.05, 4.69) is 20.4 Å². The average molecular weight is 346 g/mol. The van der Waals surface area contributed by atoms with Gasteiger partial charge in [0.1, 0.15) is 0 Å². The van der Waals surface area contributed by atoms with Crippen molar-refractivity contribution in [1.29, 1.82) is 0 Å². The van der Waals surface area contributed by atoms with Crippen molar-refractivity contribution in [2.24, 2.45) is 0 Å². The summed E-state index contributed by atoms with van der Waals surface area (Å²) in [5, 5.41) is 9.18. The number of piperidine rings is 1. The van der Waals surface area contributed by atoms with Crippen LogP contribution in [0.15, 0.2) is 22.0 Å². The van der Waals surface area contributed by atoms with Gasteiger partial charge in [0.25, 0.3) is 0 Å². The van der Waals surface area contributed by atoms with Crippen LogP contribution >= 0.6 is 11.3 Å². The van der Waals surface area contributed by atoms with Crippen LogP contribution in [0.4, 0.5) is 0 Å². The molecule has 2 aliphatic heterocycles. The molecule has 6 nitrogen and oxygen atoms in total. The number of hydrogen-bond acceptors (Lipinski definition) is 6. The summed E-state index contributed by atoms with van der Waals surface area (Å²) >= 11 is 1.58. The largest absolute Gasteiger partial charge is 0.352 e. The van der Waals surface area contributed by atoms with Crippen LogP contribution in [0, 0.1) is 0 Å². The fraction of sp³-hybridized carbons (Fsp3) is 0.588. The van der Waals surface area contributed by atoms with Crippen molar-refractivity contribution in [3.63, 3.8) is 0 Å². The monoisotopic (exact) mass is 346 g/mol. The van der Waals surface area contributed by atoms with Crippen molar-refractivity contribution < 1.29 is 9.32 Å². The van der Waals surface area contributed by atoms with Gasteiger partial charge in [-0.15, -0.1) is 11.3 Å². The molecule has 0 saturated carbocycles. The molecule has 24 heavy (non-hydrogen) atoms. The van der Waals surface area contributed by atoms with Crippen molar-refractivity contribution in [3.05, 3.63) is 23.4 Å². The first-order chi connectivity index (χ1) is 11.8. The van der Waals surface area contributed by atoms with E-state index >= 15 is 0 Å². The van der Waals surface area contributed by atoms with E-state index < -0.39 is 0 Å². The molecule has 7 heteroatoms. The van der Waals surface area contributed by atoms with Gasteiger partial charge in [-0.3, -0.25) is 9.69 Å². The maximum absolute atomic E-state index is 12.3. The number of nitrogens with zero attached hydrogens (tertiary/aromatic N) is 3. The van der Waals surface area contributed by atoms with Crippen LogP contribution in [0.5, 0.6) is 0 Å². The summed E-state index contributed by atoms with van der Waals surface area (Å²) in [6, 6.07) is 4.76. The number of nitrogens with one attached hydrogen (secondary N) is 1. The van der Waals surface area contributed by atoms with Crippen LogP contribution in [-0.4, -0.2) is 46.1 Å². The zero-order valence-corrected chi connectivity index (χ0v) is 14.4. The number of aryl methyl sites for hydroxylation is 1. The van der Waals surface area contributed by atoms with E-state index in [0.29, 0.717) is 36.6 Å². The molecule has 1 N–H and O–H groups in total. The van der Waals surface area contributed by atoms with Crippen LogP contribution < -0.4 is 5.32 Å². The van der Waals surface area contributed by atoms with Crippen LogP contribution in [0.2, 0.25) is 0 Å². The number of thiophene rings is 1. The van der Waals surface area contributed by atoms with Crippen LogP contribution in [-0.2, 0) is 11.2 Å². The second-order valence-corrected chi connectivity index (χ2v) is 7.50. The zero-order chi connectivity index (χ0) is 16.4. The molecule has 2 aromatic rings. The molecule has 0 aromatic carbocycles. The van der Waals surface area contributed by atoms with E-state index in [4.69, 9.17) is 4.52 Å². The SMILES string of the molecule is O=C(CCc1nc(-c2cccs2)no1)N[C@H]1CCN2CCCC[C@@H]12. The van der Waals surface area contributed by atoms with Gasteiger partial charge < -0.3 is 9.84 Å². The highest BCUT2D eigenvalue weighted by atomic mass is 32.1. The molecule has 0 spiro atoms. The molecule has 0 unspecified atom stereocenters. The van der Waals surface area contributed by atoms with E-state index in [1.165, 1.54) is 25.8 Å². The maximum atomic E-state index is 12.3. The highest BCUT2D eigenvalue weighted by Crippen LogP contribution is 2.27. The van der Waals surface area contributed by atoms with E-state index in [0.717, 1.165) is 17.8 Å². The standard InChI is InChI=1S/C17H22N4O2S/c22-15(18-12-8-10-21-9-2-1-4-13(12)21)6-7-16-19-17(20-23-16)14-5-3-11-24-14/h3,5,11-13H,1-2,4,6-10H2,(H,18,22)/t12-,13-/m0/s1. The predicted molar refractivity (Wildman–Crippen MR) is 91.7 cm³/mol.